The first-order valence-electron chi connectivity index (χ1n) is 8.01. The lowest BCUT2D eigenvalue weighted by molar-refractivity contribution is -0.122. The Morgan fingerprint density at radius 1 is 1.25 bits per heavy atom. The molecule has 4 nitrogen and oxygen atoms in total. The molecule has 0 aromatic rings. The minimum absolute atomic E-state index is 0.0688. The lowest BCUT2D eigenvalue weighted by atomic mass is 9.74. The highest BCUT2D eigenvalue weighted by atomic mass is 16.3. The molecule has 1 amide bonds. The molecule has 0 aliphatic heterocycles. The molecule has 1 rings (SSSR count). The first kappa shape index (κ1) is 17.4. The molecule has 0 atom stereocenters. The molecular weight excluding hydrogens is 252 g/mol. The van der Waals surface area contributed by atoms with Crippen molar-refractivity contribution in [2.45, 2.75) is 65.2 Å². The molecule has 0 aromatic heterocycles. The van der Waals surface area contributed by atoms with Crippen LogP contribution in [0.3, 0.4) is 0 Å². The number of carbonyl (C=O) groups excluding carboxylic acids is 1. The summed E-state index contributed by atoms with van der Waals surface area (Å²) < 4.78 is 0. The summed E-state index contributed by atoms with van der Waals surface area (Å²) in [6.07, 6.45) is 8.01. The van der Waals surface area contributed by atoms with E-state index in [0.29, 0.717) is 19.5 Å². The highest BCUT2D eigenvalue weighted by Crippen LogP contribution is 2.35. The fourth-order valence-corrected chi connectivity index (χ4v) is 3.03. The third-order valence-corrected chi connectivity index (χ3v) is 4.76. The lowest BCUT2D eigenvalue weighted by Gasteiger charge is -2.35. The van der Waals surface area contributed by atoms with Crippen molar-refractivity contribution in [2.75, 3.05) is 19.7 Å². The van der Waals surface area contributed by atoms with E-state index in [1.54, 1.807) is 0 Å². The van der Waals surface area contributed by atoms with Gasteiger partial charge in [-0.1, -0.05) is 33.1 Å². The van der Waals surface area contributed by atoms with E-state index in [9.17, 15) is 9.90 Å². The van der Waals surface area contributed by atoms with Crippen molar-refractivity contribution >= 4 is 5.91 Å². The topological polar surface area (TPSA) is 75.4 Å². The number of hydrogen-bond donors (Lipinski definition) is 3. The Labute approximate surface area is 123 Å². The van der Waals surface area contributed by atoms with Crippen molar-refractivity contribution in [1.82, 2.24) is 5.32 Å². The molecule has 1 saturated carbocycles. The van der Waals surface area contributed by atoms with Crippen LogP contribution in [0.5, 0.6) is 0 Å². The van der Waals surface area contributed by atoms with Gasteiger partial charge in [0.25, 0.3) is 0 Å². The second-order valence-corrected chi connectivity index (χ2v) is 7.20. The maximum atomic E-state index is 12.0. The second kappa shape index (κ2) is 7.99. The van der Waals surface area contributed by atoms with Crippen LogP contribution in [0, 0.1) is 10.8 Å². The first-order chi connectivity index (χ1) is 9.43. The number of rotatable bonds is 8. The van der Waals surface area contributed by atoms with Gasteiger partial charge in [0.2, 0.25) is 5.91 Å². The van der Waals surface area contributed by atoms with Gasteiger partial charge in [-0.25, -0.2) is 0 Å². The first-order valence-corrected chi connectivity index (χ1v) is 8.01. The third kappa shape index (κ3) is 5.80. The van der Waals surface area contributed by atoms with Crippen molar-refractivity contribution in [1.29, 1.82) is 0 Å². The van der Waals surface area contributed by atoms with Crippen LogP contribution in [-0.2, 0) is 4.79 Å². The summed E-state index contributed by atoms with van der Waals surface area (Å²) in [7, 11) is 0. The van der Waals surface area contributed by atoms with E-state index >= 15 is 0 Å². The molecule has 20 heavy (non-hydrogen) atoms. The highest BCUT2D eigenvalue weighted by molar-refractivity contribution is 5.75. The largest absolute Gasteiger partial charge is 0.396 e. The van der Waals surface area contributed by atoms with E-state index < -0.39 is 0 Å². The van der Waals surface area contributed by atoms with E-state index in [1.165, 1.54) is 19.3 Å². The van der Waals surface area contributed by atoms with Gasteiger partial charge in [0, 0.05) is 18.4 Å². The predicted molar refractivity (Wildman–Crippen MR) is 82.3 cm³/mol. The van der Waals surface area contributed by atoms with Crippen LogP contribution in [0.1, 0.15) is 65.2 Å². The maximum Gasteiger partial charge on any atom is 0.220 e. The zero-order chi connectivity index (χ0) is 15.1. The van der Waals surface area contributed by atoms with Crippen molar-refractivity contribution in [3.8, 4) is 0 Å². The Morgan fingerprint density at radius 3 is 2.45 bits per heavy atom. The van der Waals surface area contributed by atoms with Gasteiger partial charge >= 0.3 is 0 Å². The summed E-state index contributed by atoms with van der Waals surface area (Å²) in [4.78, 5) is 12.0. The van der Waals surface area contributed by atoms with Gasteiger partial charge < -0.3 is 16.2 Å². The second-order valence-electron chi connectivity index (χ2n) is 7.20. The van der Waals surface area contributed by atoms with Crippen LogP contribution in [0.2, 0.25) is 0 Å². The Hall–Kier alpha value is -0.610. The molecule has 0 bridgehead atoms. The SMILES string of the molecule is CC(C)(CCN)CCC(=O)NCC1(CO)CCCCC1. The van der Waals surface area contributed by atoms with Gasteiger partial charge in [0.1, 0.15) is 0 Å². The molecule has 0 unspecified atom stereocenters. The molecule has 118 valence electrons. The number of aliphatic hydroxyl groups excluding tert-OH is 1. The maximum absolute atomic E-state index is 12.0. The van der Waals surface area contributed by atoms with Crippen LogP contribution in [0.4, 0.5) is 0 Å². The summed E-state index contributed by atoms with van der Waals surface area (Å²) in [5.41, 5.74) is 5.65. The summed E-state index contributed by atoms with van der Waals surface area (Å²) in [6, 6.07) is 0. The lowest BCUT2D eigenvalue weighted by Crippen LogP contribution is -2.41. The van der Waals surface area contributed by atoms with Gasteiger partial charge in [-0.2, -0.15) is 0 Å². The molecule has 0 heterocycles. The van der Waals surface area contributed by atoms with E-state index in [0.717, 1.165) is 25.7 Å². The molecular formula is C16H32N2O2. The summed E-state index contributed by atoms with van der Waals surface area (Å²) in [5.74, 6) is 0.105. The number of carbonyl (C=O) groups is 1. The van der Waals surface area contributed by atoms with Crippen LogP contribution >= 0.6 is 0 Å². The number of nitrogens with one attached hydrogen (secondary N) is 1. The van der Waals surface area contributed by atoms with Gasteiger partial charge in [-0.15, -0.1) is 0 Å². The molecule has 1 aliphatic carbocycles. The average molecular weight is 284 g/mol. The number of amides is 1. The van der Waals surface area contributed by atoms with Crippen molar-refractivity contribution in [3.05, 3.63) is 0 Å². The fraction of sp³-hybridized carbons (Fsp3) is 0.938. The Kier molecular flexibility index (Phi) is 6.96. The highest BCUT2D eigenvalue weighted by Gasteiger charge is 2.31. The summed E-state index contributed by atoms with van der Waals surface area (Å²) in [6.45, 7) is 5.79. The molecule has 4 heteroatoms. The molecule has 0 radical (unpaired) electrons. The molecule has 0 spiro atoms. The minimum Gasteiger partial charge on any atom is -0.396 e. The van der Waals surface area contributed by atoms with Crippen molar-refractivity contribution in [3.63, 3.8) is 0 Å². The van der Waals surface area contributed by atoms with Crippen LogP contribution in [0.25, 0.3) is 0 Å². The fourth-order valence-electron chi connectivity index (χ4n) is 3.03. The average Bonchev–Trinajstić information content (AvgIpc) is 2.44. The van der Waals surface area contributed by atoms with E-state index in [-0.39, 0.29) is 23.3 Å². The number of aliphatic hydroxyl groups is 1. The van der Waals surface area contributed by atoms with E-state index in [1.807, 2.05) is 0 Å². The summed E-state index contributed by atoms with van der Waals surface area (Å²) in [5, 5.41) is 12.6. The molecule has 4 N–H and O–H groups in total. The minimum atomic E-state index is -0.0688. The van der Waals surface area contributed by atoms with Gasteiger partial charge in [-0.05, 0) is 37.6 Å². The molecule has 1 aliphatic rings. The van der Waals surface area contributed by atoms with E-state index in [4.69, 9.17) is 5.73 Å². The molecule has 0 saturated heterocycles. The zero-order valence-corrected chi connectivity index (χ0v) is 13.2. The Morgan fingerprint density at radius 2 is 1.90 bits per heavy atom. The third-order valence-electron chi connectivity index (χ3n) is 4.76. The van der Waals surface area contributed by atoms with Crippen molar-refractivity contribution in [2.24, 2.45) is 16.6 Å². The quantitative estimate of drug-likeness (QED) is 0.639. The summed E-state index contributed by atoms with van der Waals surface area (Å²) >= 11 is 0. The standard InChI is InChI=1S/C16H32N2O2/c1-15(2,10-11-17)9-6-14(20)18-12-16(13-19)7-4-3-5-8-16/h19H,3-13,17H2,1-2H3,(H,18,20). The van der Waals surface area contributed by atoms with Gasteiger partial charge in [-0.3, -0.25) is 4.79 Å². The smallest absolute Gasteiger partial charge is 0.220 e. The molecule has 0 aromatic carbocycles. The molecule has 1 fully saturated rings. The van der Waals surface area contributed by atoms with Crippen LogP contribution < -0.4 is 11.1 Å². The van der Waals surface area contributed by atoms with Gasteiger partial charge in [0.05, 0.1) is 6.61 Å². The Bertz CT molecular complexity index is 297. The van der Waals surface area contributed by atoms with Crippen LogP contribution in [-0.4, -0.2) is 30.7 Å². The van der Waals surface area contributed by atoms with Gasteiger partial charge in [0.15, 0.2) is 0 Å². The predicted octanol–water partition coefficient (Wildman–Crippen LogP) is 2.20. The monoisotopic (exact) mass is 284 g/mol. The Balaban J connectivity index is 2.31. The van der Waals surface area contributed by atoms with Crippen molar-refractivity contribution < 1.29 is 9.90 Å². The van der Waals surface area contributed by atoms with E-state index in [2.05, 4.69) is 19.2 Å². The number of nitrogens with two attached hydrogens (primary N) is 1. The normalized spacial score (nSPS) is 18.8. The number of hydrogen-bond acceptors (Lipinski definition) is 3. The zero-order valence-electron chi connectivity index (χ0n) is 13.2. The van der Waals surface area contributed by atoms with Crippen LogP contribution in [0.15, 0.2) is 0 Å².